The minimum absolute atomic E-state index is 0.0242. The monoisotopic (exact) mass is 447 g/mol. The van der Waals surface area contributed by atoms with Gasteiger partial charge in [-0.2, -0.15) is 0 Å². The number of rotatable bonds is 3. The molecule has 8 heteroatoms. The average Bonchev–Trinajstić information content (AvgIpc) is 3.34. The molecule has 1 fully saturated rings. The number of amides is 2. The number of nitrogens with zero attached hydrogens (tertiary/aromatic N) is 4. The van der Waals surface area contributed by atoms with E-state index in [1.165, 1.54) is 0 Å². The lowest BCUT2D eigenvalue weighted by atomic mass is 9.93. The van der Waals surface area contributed by atoms with E-state index in [-0.39, 0.29) is 35.9 Å². The number of aryl methyl sites for hydroxylation is 1. The number of hydrogen-bond acceptors (Lipinski definition) is 5. The Labute approximate surface area is 192 Å². The van der Waals surface area contributed by atoms with Crippen LogP contribution >= 0.6 is 0 Å². The number of carbonyl (C=O) groups excluding carboxylic acids is 2. The molecule has 3 aliphatic rings. The molecule has 2 aromatic rings. The molecule has 0 radical (unpaired) electrons. The molecular formula is C25H29N5O3. The Morgan fingerprint density at radius 2 is 2.06 bits per heavy atom. The van der Waals surface area contributed by atoms with Gasteiger partial charge in [-0.05, 0) is 50.7 Å². The second-order valence-electron chi connectivity index (χ2n) is 9.21. The lowest BCUT2D eigenvalue weighted by molar-refractivity contribution is -0.136. The Morgan fingerprint density at radius 1 is 1.18 bits per heavy atom. The van der Waals surface area contributed by atoms with Gasteiger partial charge in [-0.1, -0.05) is 12.2 Å². The molecule has 2 atom stereocenters. The van der Waals surface area contributed by atoms with Crippen LogP contribution in [0.3, 0.4) is 0 Å². The van der Waals surface area contributed by atoms with Crippen molar-refractivity contribution in [2.45, 2.75) is 58.0 Å². The molecule has 1 aliphatic carbocycles. The van der Waals surface area contributed by atoms with Gasteiger partial charge >= 0.3 is 0 Å². The molecule has 0 unspecified atom stereocenters. The molecular weight excluding hydrogens is 418 g/mol. The third kappa shape index (κ3) is 4.10. The van der Waals surface area contributed by atoms with E-state index in [9.17, 15) is 14.4 Å². The van der Waals surface area contributed by atoms with Crippen LogP contribution in [0.4, 0.5) is 0 Å². The van der Waals surface area contributed by atoms with Crippen molar-refractivity contribution in [2.75, 3.05) is 13.1 Å². The summed E-state index contributed by atoms with van der Waals surface area (Å²) >= 11 is 0. The molecule has 8 nitrogen and oxygen atoms in total. The molecule has 2 aliphatic heterocycles. The van der Waals surface area contributed by atoms with Gasteiger partial charge in [0.15, 0.2) is 0 Å². The molecule has 0 bridgehead atoms. The normalized spacial score (nSPS) is 22.3. The number of allylic oxidation sites excluding steroid dienone is 2. The zero-order valence-electron chi connectivity index (χ0n) is 18.9. The van der Waals surface area contributed by atoms with Gasteiger partial charge in [0.05, 0.1) is 23.8 Å². The van der Waals surface area contributed by atoms with Crippen LogP contribution in [-0.4, -0.2) is 49.7 Å². The van der Waals surface area contributed by atoms with Crippen LogP contribution < -0.4 is 5.56 Å². The summed E-state index contributed by atoms with van der Waals surface area (Å²) in [5, 5.41) is 0. The lowest BCUT2D eigenvalue weighted by Crippen LogP contribution is -2.41. The molecule has 5 rings (SSSR count). The maximum Gasteiger partial charge on any atom is 0.256 e. The predicted octanol–water partition coefficient (Wildman–Crippen LogP) is 2.69. The van der Waals surface area contributed by atoms with Crippen LogP contribution in [0.2, 0.25) is 0 Å². The minimum Gasteiger partial charge on any atom is -0.334 e. The standard InChI is InChI=1S/C25H29N5O3/c1-16-14-26-11-9-18(16)25(33)29-13-10-20-19(15-29)23(31)28-22(27-20)21-8-5-12-30(21)24(32)17-6-3-2-4-7-17/h2-3,9,11,14,17,21H,4-8,10,12-13,15H2,1H3,(H,27,28,31)/t17-,21+/m0/s1. The zero-order valence-corrected chi connectivity index (χ0v) is 18.9. The van der Waals surface area contributed by atoms with E-state index in [0.29, 0.717) is 36.5 Å². The van der Waals surface area contributed by atoms with Crippen LogP contribution in [0, 0.1) is 12.8 Å². The minimum atomic E-state index is -0.209. The van der Waals surface area contributed by atoms with Crippen LogP contribution in [0.5, 0.6) is 0 Å². The van der Waals surface area contributed by atoms with Crippen molar-refractivity contribution >= 4 is 11.8 Å². The Morgan fingerprint density at radius 3 is 2.85 bits per heavy atom. The number of likely N-dealkylation sites (tertiary alicyclic amines) is 1. The Kier molecular flexibility index (Phi) is 5.83. The smallest absolute Gasteiger partial charge is 0.256 e. The third-order valence-corrected chi connectivity index (χ3v) is 7.09. The first-order valence-electron chi connectivity index (χ1n) is 11.8. The number of aromatic amines is 1. The van der Waals surface area contributed by atoms with Gasteiger partial charge in [-0.25, -0.2) is 4.98 Å². The maximum absolute atomic E-state index is 13.2. The Bertz CT molecular complexity index is 1170. The summed E-state index contributed by atoms with van der Waals surface area (Å²) in [6, 6.07) is 1.53. The number of nitrogens with one attached hydrogen (secondary N) is 1. The first kappa shape index (κ1) is 21.6. The first-order valence-corrected chi connectivity index (χ1v) is 11.8. The van der Waals surface area contributed by atoms with Crippen molar-refractivity contribution in [3.63, 3.8) is 0 Å². The van der Waals surface area contributed by atoms with E-state index in [1.54, 1.807) is 23.4 Å². The lowest BCUT2D eigenvalue weighted by Gasteiger charge is -2.31. The molecule has 0 saturated carbocycles. The SMILES string of the molecule is Cc1cnccc1C(=O)N1CCc2nc([C@H]3CCCN3C(=O)[C@H]3CC=CCC3)[nH]c(=O)c2C1. The molecule has 0 aromatic carbocycles. The van der Waals surface area contributed by atoms with Crippen LogP contribution in [0.1, 0.15) is 71.1 Å². The van der Waals surface area contributed by atoms with E-state index in [0.717, 1.165) is 43.4 Å². The van der Waals surface area contributed by atoms with Gasteiger partial charge in [-0.3, -0.25) is 19.4 Å². The van der Waals surface area contributed by atoms with Crippen molar-refractivity contribution in [1.29, 1.82) is 0 Å². The van der Waals surface area contributed by atoms with E-state index in [2.05, 4.69) is 22.1 Å². The highest BCUT2D eigenvalue weighted by atomic mass is 16.2. The number of carbonyl (C=O) groups is 2. The summed E-state index contributed by atoms with van der Waals surface area (Å²) < 4.78 is 0. The van der Waals surface area contributed by atoms with Crippen LogP contribution in [0.25, 0.3) is 0 Å². The number of aromatic nitrogens is 3. The van der Waals surface area contributed by atoms with Crippen molar-refractivity contribution in [2.24, 2.45) is 5.92 Å². The fourth-order valence-electron chi connectivity index (χ4n) is 5.23. The van der Waals surface area contributed by atoms with Gasteiger partial charge in [0.1, 0.15) is 5.82 Å². The largest absolute Gasteiger partial charge is 0.334 e. The quantitative estimate of drug-likeness (QED) is 0.730. The zero-order chi connectivity index (χ0) is 22.9. The topological polar surface area (TPSA) is 99.3 Å². The van der Waals surface area contributed by atoms with Crippen molar-refractivity contribution in [3.05, 3.63) is 69.2 Å². The van der Waals surface area contributed by atoms with E-state index in [4.69, 9.17) is 4.98 Å². The molecule has 2 aromatic heterocycles. The van der Waals surface area contributed by atoms with E-state index < -0.39 is 0 Å². The molecule has 4 heterocycles. The average molecular weight is 448 g/mol. The van der Waals surface area contributed by atoms with Gasteiger partial charge in [0, 0.05) is 43.4 Å². The molecule has 0 spiro atoms. The van der Waals surface area contributed by atoms with E-state index in [1.807, 2.05) is 11.8 Å². The van der Waals surface area contributed by atoms with Gasteiger partial charge in [0.25, 0.3) is 11.5 Å². The van der Waals surface area contributed by atoms with E-state index >= 15 is 0 Å². The van der Waals surface area contributed by atoms with Gasteiger partial charge < -0.3 is 14.8 Å². The highest BCUT2D eigenvalue weighted by Crippen LogP contribution is 2.33. The number of hydrogen-bond donors (Lipinski definition) is 1. The predicted molar refractivity (Wildman–Crippen MR) is 122 cm³/mol. The summed E-state index contributed by atoms with van der Waals surface area (Å²) in [4.78, 5) is 54.6. The molecule has 2 amide bonds. The van der Waals surface area contributed by atoms with Crippen LogP contribution in [-0.2, 0) is 17.8 Å². The maximum atomic E-state index is 13.2. The first-order chi connectivity index (χ1) is 16.0. The summed E-state index contributed by atoms with van der Waals surface area (Å²) in [6.45, 7) is 3.31. The van der Waals surface area contributed by atoms with Gasteiger partial charge in [-0.15, -0.1) is 0 Å². The van der Waals surface area contributed by atoms with Crippen LogP contribution in [0.15, 0.2) is 35.4 Å². The fraction of sp³-hybridized carbons (Fsp3) is 0.480. The third-order valence-electron chi connectivity index (χ3n) is 7.09. The fourth-order valence-corrected chi connectivity index (χ4v) is 5.23. The summed E-state index contributed by atoms with van der Waals surface area (Å²) in [5.41, 5.74) is 2.49. The Hall–Kier alpha value is -3.29. The van der Waals surface area contributed by atoms with Crippen molar-refractivity contribution < 1.29 is 9.59 Å². The Balaban J connectivity index is 1.36. The summed E-state index contributed by atoms with van der Waals surface area (Å²) in [6.07, 6.45) is 12.4. The van der Waals surface area contributed by atoms with Gasteiger partial charge in [0.2, 0.25) is 5.91 Å². The molecule has 172 valence electrons. The number of H-pyrrole nitrogens is 1. The summed E-state index contributed by atoms with van der Waals surface area (Å²) in [5.74, 6) is 0.682. The van der Waals surface area contributed by atoms with Crippen molar-refractivity contribution in [1.82, 2.24) is 24.8 Å². The summed E-state index contributed by atoms with van der Waals surface area (Å²) in [7, 11) is 0. The number of pyridine rings is 1. The second kappa shape index (κ2) is 8.92. The van der Waals surface area contributed by atoms with Crippen molar-refractivity contribution in [3.8, 4) is 0 Å². The molecule has 33 heavy (non-hydrogen) atoms. The highest BCUT2D eigenvalue weighted by Gasteiger charge is 2.36. The molecule has 1 N–H and O–H groups in total. The second-order valence-corrected chi connectivity index (χ2v) is 9.21. The number of fused-ring (bicyclic) bond motifs is 1. The highest BCUT2D eigenvalue weighted by molar-refractivity contribution is 5.95. The molecule has 1 saturated heterocycles.